The Labute approximate surface area is 83.4 Å². The summed E-state index contributed by atoms with van der Waals surface area (Å²) in [4.78, 5) is 11.6. The molecule has 14 heavy (non-hydrogen) atoms. The van der Waals surface area contributed by atoms with Crippen molar-refractivity contribution in [1.82, 2.24) is 0 Å². The van der Waals surface area contributed by atoms with Gasteiger partial charge in [-0.1, -0.05) is 6.42 Å². The van der Waals surface area contributed by atoms with Gasteiger partial charge in [-0.2, -0.15) is 0 Å². The standard InChI is InChI=1S/C11H16O3/c12-8-4-5-9-10-6(8)2-1-3-7(10)11(13)14-9/h6-10,12H,1-5H2/t6-,7?,8?,9?,10+/m1/s1. The van der Waals surface area contributed by atoms with Gasteiger partial charge in [-0.15, -0.1) is 0 Å². The summed E-state index contributed by atoms with van der Waals surface area (Å²) in [5, 5.41) is 9.89. The summed E-state index contributed by atoms with van der Waals surface area (Å²) < 4.78 is 5.38. The zero-order chi connectivity index (χ0) is 9.71. The molecule has 1 saturated heterocycles. The summed E-state index contributed by atoms with van der Waals surface area (Å²) in [6.07, 6.45) is 4.74. The van der Waals surface area contributed by atoms with Gasteiger partial charge in [-0.25, -0.2) is 0 Å². The topological polar surface area (TPSA) is 46.5 Å². The van der Waals surface area contributed by atoms with Gasteiger partial charge in [-0.3, -0.25) is 4.79 Å². The van der Waals surface area contributed by atoms with E-state index >= 15 is 0 Å². The van der Waals surface area contributed by atoms with Gasteiger partial charge >= 0.3 is 5.97 Å². The fourth-order valence-corrected chi connectivity index (χ4v) is 3.63. The van der Waals surface area contributed by atoms with E-state index in [-0.39, 0.29) is 24.1 Å². The van der Waals surface area contributed by atoms with Crippen LogP contribution in [0.3, 0.4) is 0 Å². The monoisotopic (exact) mass is 196 g/mol. The highest BCUT2D eigenvalue weighted by molar-refractivity contribution is 5.75. The van der Waals surface area contributed by atoms with Crippen LogP contribution in [-0.4, -0.2) is 23.3 Å². The molecule has 1 aliphatic heterocycles. The molecule has 1 heterocycles. The van der Waals surface area contributed by atoms with Crippen molar-refractivity contribution in [3.05, 3.63) is 0 Å². The predicted octanol–water partition coefficient (Wildman–Crippen LogP) is 1.10. The molecule has 0 aromatic carbocycles. The lowest BCUT2D eigenvalue weighted by Gasteiger charge is -2.40. The molecule has 0 bridgehead atoms. The number of rotatable bonds is 0. The Morgan fingerprint density at radius 3 is 2.93 bits per heavy atom. The lowest BCUT2D eigenvalue weighted by Crippen LogP contribution is -2.43. The fraction of sp³-hybridized carbons (Fsp3) is 0.909. The van der Waals surface area contributed by atoms with Crippen LogP contribution < -0.4 is 0 Å². The normalized spacial score (nSPS) is 51.2. The number of aliphatic hydroxyl groups is 1. The van der Waals surface area contributed by atoms with Gasteiger partial charge in [0.1, 0.15) is 6.10 Å². The summed E-state index contributed by atoms with van der Waals surface area (Å²) >= 11 is 0. The van der Waals surface area contributed by atoms with Crippen molar-refractivity contribution in [3.8, 4) is 0 Å². The summed E-state index contributed by atoms with van der Waals surface area (Å²) in [6, 6.07) is 0. The van der Waals surface area contributed by atoms with E-state index in [0.29, 0.717) is 11.8 Å². The van der Waals surface area contributed by atoms with E-state index in [1.807, 2.05) is 0 Å². The summed E-state index contributed by atoms with van der Waals surface area (Å²) in [6.45, 7) is 0. The molecule has 0 aromatic rings. The van der Waals surface area contributed by atoms with Gasteiger partial charge in [0, 0.05) is 5.92 Å². The highest BCUT2D eigenvalue weighted by atomic mass is 16.6. The van der Waals surface area contributed by atoms with E-state index in [0.717, 1.165) is 32.1 Å². The lowest BCUT2D eigenvalue weighted by atomic mass is 9.64. The third-order valence-electron chi connectivity index (χ3n) is 4.25. The van der Waals surface area contributed by atoms with E-state index in [1.165, 1.54) is 0 Å². The van der Waals surface area contributed by atoms with Crippen molar-refractivity contribution >= 4 is 5.97 Å². The SMILES string of the molecule is O=C1OC2CCC(O)[C@H]3CCCC1[C@@H]23. The van der Waals surface area contributed by atoms with Crippen molar-refractivity contribution in [3.63, 3.8) is 0 Å². The average Bonchev–Trinajstić information content (AvgIpc) is 2.52. The Balaban J connectivity index is 1.91. The molecule has 0 spiro atoms. The van der Waals surface area contributed by atoms with Crippen LogP contribution in [0.1, 0.15) is 32.1 Å². The number of carbonyl (C=O) groups excluding carboxylic acids is 1. The molecule has 3 fully saturated rings. The smallest absolute Gasteiger partial charge is 0.309 e. The highest BCUT2D eigenvalue weighted by Crippen LogP contribution is 2.49. The van der Waals surface area contributed by atoms with E-state index in [2.05, 4.69) is 0 Å². The zero-order valence-electron chi connectivity index (χ0n) is 8.19. The fourth-order valence-electron chi connectivity index (χ4n) is 3.63. The van der Waals surface area contributed by atoms with E-state index in [4.69, 9.17) is 4.74 Å². The van der Waals surface area contributed by atoms with E-state index < -0.39 is 0 Å². The van der Waals surface area contributed by atoms with E-state index in [1.54, 1.807) is 0 Å². The second-order valence-corrected chi connectivity index (χ2v) is 4.90. The van der Waals surface area contributed by atoms with Gasteiger partial charge in [0.15, 0.2) is 0 Å². The zero-order valence-corrected chi connectivity index (χ0v) is 8.19. The molecule has 3 aliphatic rings. The molecule has 0 radical (unpaired) electrons. The number of carbonyl (C=O) groups is 1. The highest BCUT2D eigenvalue weighted by Gasteiger charge is 2.53. The van der Waals surface area contributed by atoms with Crippen molar-refractivity contribution in [2.45, 2.75) is 44.3 Å². The Hall–Kier alpha value is -0.570. The van der Waals surface area contributed by atoms with Gasteiger partial charge in [-0.05, 0) is 31.6 Å². The Morgan fingerprint density at radius 1 is 1.21 bits per heavy atom. The number of ether oxygens (including phenoxy) is 1. The van der Waals surface area contributed by atoms with Crippen LogP contribution in [0.15, 0.2) is 0 Å². The van der Waals surface area contributed by atoms with Crippen LogP contribution >= 0.6 is 0 Å². The van der Waals surface area contributed by atoms with E-state index in [9.17, 15) is 9.90 Å². The van der Waals surface area contributed by atoms with Crippen LogP contribution in [0, 0.1) is 17.8 Å². The molecule has 2 saturated carbocycles. The number of hydrogen-bond acceptors (Lipinski definition) is 3. The van der Waals surface area contributed by atoms with Crippen LogP contribution in [0.25, 0.3) is 0 Å². The minimum absolute atomic E-state index is 0.00111. The molecule has 2 aliphatic carbocycles. The molecule has 0 amide bonds. The maximum atomic E-state index is 11.6. The number of esters is 1. The quantitative estimate of drug-likeness (QED) is 0.590. The van der Waals surface area contributed by atoms with Gasteiger partial charge in [0.25, 0.3) is 0 Å². The molecule has 0 aromatic heterocycles. The lowest BCUT2D eigenvalue weighted by molar-refractivity contribution is -0.144. The van der Waals surface area contributed by atoms with Crippen LogP contribution in [0.5, 0.6) is 0 Å². The molecule has 5 atom stereocenters. The maximum absolute atomic E-state index is 11.6. The first-order chi connectivity index (χ1) is 6.77. The van der Waals surface area contributed by atoms with Crippen LogP contribution in [0.2, 0.25) is 0 Å². The minimum Gasteiger partial charge on any atom is -0.462 e. The van der Waals surface area contributed by atoms with Crippen molar-refractivity contribution in [2.24, 2.45) is 17.8 Å². The summed E-state index contributed by atoms with van der Waals surface area (Å²) in [7, 11) is 0. The second-order valence-electron chi connectivity index (χ2n) is 4.90. The third kappa shape index (κ3) is 1.05. The molecule has 78 valence electrons. The molecule has 3 rings (SSSR count). The summed E-state index contributed by atoms with van der Waals surface area (Å²) in [5.74, 6) is 0.770. The van der Waals surface area contributed by atoms with Crippen LogP contribution in [-0.2, 0) is 9.53 Å². The number of aliphatic hydroxyl groups excluding tert-OH is 1. The first-order valence-electron chi connectivity index (χ1n) is 5.66. The Kier molecular flexibility index (Phi) is 1.84. The van der Waals surface area contributed by atoms with Gasteiger partial charge in [0.2, 0.25) is 0 Å². The molecule has 3 nitrogen and oxygen atoms in total. The Bertz CT molecular complexity index is 263. The van der Waals surface area contributed by atoms with Crippen molar-refractivity contribution in [1.29, 1.82) is 0 Å². The maximum Gasteiger partial charge on any atom is 0.309 e. The van der Waals surface area contributed by atoms with Crippen molar-refractivity contribution < 1.29 is 14.6 Å². The minimum atomic E-state index is -0.187. The first-order valence-corrected chi connectivity index (χ1v) is 5.66. The number of hydrogen-bond donors (Lipinski definition) is 1. The van der Waals surface area contributed by atoms with Gasteiger partial charge in [0.05, 0.1) is 12.0 Å². The predicted molar refractivity (Wildman–Crippen MR) is 49.4 cm³/mol. The molecular formula is C11H16O3. The molecule has 3 heteroatoms. The van der Waals surface area contributed by atoms with Crippen LogP contribution in [0.4, 0.5) is 0 Å². The first kappa shape index (κ1) is 8.72. The van der Waals surface area contributed by atoms with Gasteiger partial charge < -0.3 is 9.84 Å². The molecule has 1 N–H and O–H groups in total. The molecule has 3 unspecified atom stereocenters. The average molecular weight is 196 g/mol. The largest absolute Gasteiger partial charge is 0.462 e. The van der Waals surface area contributed by atoms with Crippen molar-refractivity contribution in [2.75, 3.05) is 0 Å². The molecular weight excluding hydrogens is 180 g/mol. The summed E-state index contributed by atoms with van der Waals surface area (Å²) in [5.41, 5.74) is 0. The second kappa shape index (κ2) is 2.96. The third-order valence-corrected chi connectivity index (χ3v) is 4.25. The Morgan fingerprint density at radius 2 is 2.07 bits per heavy atom.